The predicted octanol–water partition coefficient (Wildman–Crippen LogP) is 7.25. The van der Waals surface area contributed by atoms with Crippen LogP contribution in [0, 0.1) is 23.7 Å². The molecule has 1 saturated carbocycles. The quantitative estimate of drug-likeness (QED) is 0.190. The lowest BCUT2D eigenvalue weighted by Gasteiger charge is -2.46. The fourth-order valence-corrected chi connectivity index (χ4v) is 11.9. The number of hydrogen-bond donors (Lipinski definition) is 1. The second kappa shape index (κ2) is 17.9. The third kappa shape index (κ3) is 9.25. The number of nitrogens with zero attached hydrogens (tertiary/aromatic N) is 4. The van der Waals surface area contributed by atoms with Crippen LogP contribution in [-0.4, -0.2) is 83.6 Å². The Balaban J connectivity index is 1.16. The summed E-state index contributed by atoms with van der Waals surface area (Å²) in [5.74, 6) is -0.582. The summed E-state index contributed by atoms with van der Waals surface area (Å²) in [6.07, 6.45) is 13.2. The molecule has 3 aliphatic heterocycles. The second-order valence-corrected chi connectivity index (χ2v) is 19.9. The highest BCUT2D eigenvalue weighted by Crippen LogP contribution is 2.47. The highest BCUT2D eigenvalue weighted by atomic mass is 35.5. The van der Waals surface area contributed by atoms with E-state index >= 15 is 0 Å². The Labute approximate surface area is 357 Å². The molecular formula is C45H56ClN5O8S. The Hall–Kier alpha value is -4.40. The number of anilines is 1. The zero-order valence-electron chi connectivity index (χ0n) is 34.7. The van der Waals surface area contributed by atoms with Gasteiger partial charge in [0.25, 0.3) is 11.8 Å². The van der Waals surface area contributed by atoms with Crippen LogP contribution in [0.25, 0.3) is 0 Å². The van der Waals surface area contributed by atoms with Crippen LogP contribution in [0.5, 0.6) is 11.6 Å². The molecule has 3 aromatic rings. The van der Waals surface area contributed by atoms with Gasteiger partial charge in [0, 0.05) is 67.9 Å². The number of aryl methyl sites for hydroxylation is 2. The van der Waals surface area contributed by atoms with E-state index in [2.05, 4.69) is 31.2 Å². The number of hydrogen-bond acceptors (Lipinski definition) is 10. The van der Waals surface area contributed by atoms with Crippen molar-refractivity contribution in [1.82, 2.24) is 14.5 Å². The molecule has 1 N–H and O–H groups in total. The van der Waals surface area contributed by atoms with Gasteiger partial charge in [-0.1, -0.05) is 30.7 Å². The van der Waals surface area contributed by atoms with Gasteiger partial charge in [0.15, 0.2) is 0 Å². The van der Waals surface area contributed by atoms with Crippen LogP contribution in [0.4, 0.5) is 5.69 Å². The molecular weight excluding hydrogens is 806 g/mol. The molecule has 0 radical (unpaired) electrons. The van der Waals surface area contributed by atoms with Gasteiger partial charge in [-0.05, 0) is 123 Å². The number of benzene rings is 2. The molecule has 2 bridgehead atoms. The minimum absolute atomic E-state index is 0.0588. The van der Waals surface area contributed by atoms with Gasteiger partial charge in [-0.2, -0.15) is 0 Å². The minimum Gasteiger partial charge on any atom is -0.490 e. The van der Waals surface area contributed by atoms with Crippen molar-refractivity contribution < 1.29 is 37.5 Å². The molecule has 1 aromatic heterocycles. The molecule has 8 rings (SSSR count). The van der Waals surface area contributed by atoms with Gasteiger partial charge in [0.2, 0.25) is 5.88 Å². The van der Waals surface area contributed by atoms with Crippen molar-refractivity contribution in [3.8, 4) is 11.6 Å². The first-order chi connectivity index (χ1) is 28.9. The van der Waals surface area contributed by atoms with E-state index in [0.29, 0.717) is 49.2 Å². The summed E-state index contributed by atoms with van der Waals surface area (Å²) in [5, 5.41) is 4.88. The van der Waals surface area contributed by atoms with Crippen LogP contribution in [0.3, 0.4) is 0 Å². The van der Waals surface area contributed by atoms with Gasteiger partial charge in [-0.3, -0.25) is 23.8 Å². The zero-order chi connectivity index (χ0) is 42.0. The predicted molar refractivity (Wildman–Crippen MR) is 229 cm³/mol. The molecule has 5 aliphatic rings. The van der Waals surface area contributed by atoms with E-state index in [-0.39, 0.29) is 51.9 Å². The van der Waals surface area contributed by atoms with Crippen molar-refractivity contribution in [2.75, 3.05) is 50.7 Å². The summed E-state index contributed by atoms with van der Waals surface area (Å²) < 4.78 is 47.0. The molecule has 4 heterocycles. The molecule has 0 unspecified atom stereocenters. The molecule has 2 amide bonds. The number of fused-ring (bicyclic) bond motifs is 4. The Kier molecular flexibility index (Phi) is 12.6. The highest BCUT2D eigenvalue weighted by Gasteiger charge is 2.45. The topological polar surface area (TPSA) is 151 Å². The second-order valence-electron chi connectivity index (χ2n) is 17.5. The number of carbonyl (C=O) groups is 3. The first-order valence-corrected chi connectivity index (χ1v) is 23.4. The Morgan fingerprint density at radius 3 is 2.73 bits per heavy atom. The van der Waals surface area contributed by atoms with E-state index in [4.69, 9.17) is 30.5 Å². The lowest BCUT2D eigenvalue weighted by Crippen LogP contribution is -2.50. The molecule has 322 valence electrons. The van der Waals surface area contributed by atoms with E-state index in [0.717, 1.165) is 70.3 Å². The SMILES string of the molecule is COc1nn(C)cc1C(=O)N[S@@]1(=O)=NC(=O)c2ccc3c(c2)N(C[C@@H]2CC[C@H]2[C@@H](OC(=O)CCC2CCOCC2)/C=C/C[C@H](C)C1)C[C@@]1(CCCc2cc(Cl)ccc21)CO3. The summed E-state index contributed by atoms with van der Waals surface area (Å²) in [7, 11) is -0.648. The first-order valence-electron chi connectivity index (χ1n) is 21.3. The molecule has 13 nitrogen and oxygen atoms in total. The third-order valence-electron chi connectivity index (χ3n) is 13.1. The standard InChI is InChI=1S/C45H56ClN5O8S/c1-29-6-4-8-39(59-41(52)16-9-30-17-20-57-21-18-30)35-13-10-33(35)24-51-27-45(19-5-7-31-22-34(46)12-14-37(31)45)28-58-40-15-11-32(23-38(40)51)42(53)48-60(55,26-29)49-43(54)36-25-50(2)47-44(36)56-3/h4,8,11-12,14-15,22-23,25,29-30,33,35,39H,5-7,9-10,13,16-21,24,26-28H2,1-3H3,(H,48,49,53,54,55)/b8-4+/t29-,33-,35+,39-,45-,60-/m0/s1. The molecule has 60 heavy (non-hydrogen) atoms. The molecule has 1 spiro atoms. The Morgan fingerprint density at radius 1 is 1.12 bits per heavy atom. The molecule has 2 fully saturated rings. The van der Waals surface area contributed by atoms with Crippen molar-refractivity contribution >= 4 is 45.0 Å². The summed E-state index contributed by atoms with van der Waals surface area (Å²) in [6.45, 7) is 5.10. The van der Waals surface area contributed by atoms with Gasteiger partial charge < -0.3 is 23.8 Å². The Morgan fingerprint density at radius 2 is 1.95 bits per heavy atom. The first kappa shape index (κ1) is 42.3. The smallest absolute Gasteiger partial charge is 0.306 e. The van der Waals surface area contributed by atoms with Crippen molar-refractivity contribution in [1.29, 1.82) is 0 Å². The summed E-state index contributed by atoms with van der Waals surface area (Å²) >= 11 is 6.51. The molecule has 6 atom stereocenters. The van der Waals surface area contributed by atoms with Gasteiger partial charge in [-0.15, -0.1) is 9.46 Å². The van der Waals surface area contributed by atoms with Crippen molar-refractivity contribution in [2.45, 2.75) is 82.7 Å². The number of rotatable bonds is 7. The number of aromatic nitrogens is 2. The maximum absolute atomic E-state index is 14.8. The lowest BCUT2D eigenvalue weighted by molar-refractivity contribution is -0.152. The van der Waals surface area contributed by atoms with Crippen LogP contribution >= 0.6 is 11.6 Å². The van der Waals surface area contributed by atoms with E-state index in [1.807, 2.05) is 25.1 Å². The number of nitrogens with one attached hydrogen (secondary N) is 1. The van der Waals surface area contributed by atoms with Gasteiger partial charge in [-0.25, -0.2) is 4.21 Å². The van der Waals surface area contributed by atoms with E-state index in [1.54, 1.807) is 25.2 Å². The van der Waals surface area contributed by atoms with Crippen LogP contribution in [0.15, 0.2) is 59.1 Å². The van der Waals surface area contributed by atoms with Crippen LogP contribution in [-0.2, 0) is 43.1 Å². The fourth-order valence-electron chi connectivity index (χ4n) is 9.78. The number of allylic oxidation sites excluding steroid dienone is 1. The highest BCUT2D eigenvalue weighted by molar-refractivity contribution is 7.92. The van der Waals surface area contributed by atoms with Crippen molar-refractivity contribution in [2.24, 2.45) is 35.1 Å². The van der Waals surface area contributed by atoms with Gasteiger partial charge in [0.05, 0.1) is 25.2 Å². The van der Waals surface area contributed by atoms with Crippen LogP contribution in [0.2, 0.25) is 5.02 Å². The van der Waals surface area contributed by atoms with Crippen molar-refractivity contribution in [3.05, 3.63) is 82.0 Å². The third-order valence-corrected chi connectivity index (χ3v) is 15.3. The summed E-state index contributed by atoms with van der Waals surface area (Å²) in [6, 6.07) is 11.4. The molecule has 1 saturated heterocycles. The lowest BCUT2D eigenvalue weighted by atomic mass is 9.68. The monoisotopic (exact) mass is 861 g/mol. The average molecular weight is 862 g/mol. The maximum atomic E-state index is 14.8. The van der Waals surface area contributed by atoms with E-state index < -0.39 is 27.8 Å². The zero-order valence-corrected chi connectivity index (χ0v) is 36.3. The van der Waals surface area contributed by atoms with E-state index in [1.165, 1.54) is 29.1 Å². The molecule has 15 heteroatoms. The minimum atomic E-state index is -3.69. The summed E-state index contributed by atoms with van der Waals surface area (Å²) in [5.41, 5.74) is 3.15. The van der Waals surface area contributed by atoms with E-state index in [9.17, 15) is 18.6 Å². The Bertz CT molecular complexity index is 2260. The average Bonchev–Trinajstić information content (AvgIpc) is 3.53. The normalized spacial score (nSPS) is 28.8. The number of amides is 2. The largest absolute Gasteiger partial charge is 0.490 e. The van der Waals surface area contributed by atoms with Crippen molar-refractivity contribution in [3.63, 3.8) is 0 Å². The maximum Gasteiger partial charge on any atom is 0.306 e. The number of esters is 1. The number of halogens is 1. The fraction of sp³-hybridized carbons (Fsp3) is 0.556. The number of ether oxygens (including phenoxy) is 4. The van der Waals surface area contributed by atoms with Gasteiger partial charge in [0.1, 0.15) is 27.3 Å². The van der Waals surface area contributed by atoms with Gasteiger partial charge >= 0.3 is 5.97 Å². The molecule has 2 aliphatic carbocycles. The summed E-state index contributed by atoms with van der Waals surface area (Å²) in [4.78, 5) is 43.8. The molecule has 2 aromatic carbocycles. The number of carbonyl (C=O) groups excluding carboxylic acids is 3. The van der Waals surface area contributed by atoms with Crippen LogP contribution < -0.4 is 19.1 Å². The number of methoxy groups -OCH3 is 1. The van der Waals surface area contributed by atoms with Crippen LogP contribution in [0.1, 0.15) is 96.6 Å².